The van der Waals surface area contributed by atoms with Gasteiger partial charge in [0, 0.05) is 50.7 Å². The molecule has 1 atom stereocenters. The molecule has 0 aliphatic carbocycles. The lowest BCUT2D eigenvalue weighted by atomic mass is 10.0. The van der Waals surface area contributed by atoms with E-state index >= 15 is 0 Å². The van der Waals surface area contributed by atoms with Crippen LogP contribution >= 0.6 is 0 Å². The standard InChI is InChI=1S/C31H34N6O2/c1-39-26-12-10-24(11-13-26)23-8-6-22(7-9-23)20-29(38)37-17-14-25(21-37)33-31-34-28-5-3-2-4-27(28)30(35-31)36-18-15-32-16-19-36/h2-13,25,32H,14-21H2,1H3,(H,33,34,35)/t25-/m0/s1. The van der Waals surface area contributed by atoms with Crippen molar-refractivity contribution in [3.05, 3.63) is 78.4 Å². The fourth-order valence-electron chi connectivity index (χ4n) is 5.41. The molecule has 0 spiro atoms. The van der Waals surface area contributed by atoms with Crippen molar-refractivity contribution in [1.29, 1.82) is 0 Å². The van der Waals surface area contributed by atoms with E-state index in [1.165, 1.54) is 0 Å². The van der Waals surface area contributed by atoms with E-state index in [4.69, 9.17) is 14.7 Å². The van der Waals surface area contributed by atoms with Gasteiger partial charge in [-0.3, -0.25) is 4.79 Å². The summed E-state index contributed by atoms with van der Waals surface area (Å²) in [5.74, 6) is 2.60. The van der Waals surface area contributed by atoms with Gasteiger partial charge in [-0.25, -0.2) is 4.98 Å². The van der Waals surface area contributed by atoms with Crippen LogP contribution in [0.2, 0.25) is 0 Å². The SMILES string of the molecule is COc1ccc(-c2ccc(CC(=O)N3CC[C@H](Nc4nc(N5CCNCC5)c5ccccc5n4)C3)cc2)cc1. The van der Waals surface area contributed by atoms with Crippen molar-refractivity contribution in [3.63, 3.8) is 0 Å². The molecule has 2 saturated heterocycles. The summed E-state index contributed by atoms with van der Waals surface area (Å²) in [5.41, 5.74) is 4.20. The Morgan fingerprint density at radius 3 is 2.41 bits per heavy atom. The van der Waals surface area contributed by atoms with Gasteiger partial charge in [-0.05, 0) is 47.4 Å². The van der Waals surface area contributed by atoms with Crippen molar-refractivity contribution in [2.24, 2.45) is 0 Å². The molecule has 3 aromatic carbocycles. The quantitative estimate of drug-likeness (QED) is 0.380. The van der Waals surface area contributed by atoms with Crippen LogP contribution in [0.4, 0.5) is 11.8 Å². The molecular weight excluding hydrogens is 488 g/mol. The van der Waals surface area contributed by atoms with Crippen molar-refractivity contribution in [2.45, 2.75) is 18.9 Å². The third kappa shape index (κ3) is 5.66. The van der Waals surface area contributed by atoms with E-state index in [0.29, 0.717) is 18.9 Å². The number of piperazine rings is 1. The Hall–Kier alpha value is -4.17. The highest BCUT2D eigenvalue weighted by Gasteiger charge is 2.27. The number of methoxy groups -OCH3 is 1. The van der Waals surface area contributed by atoms with Crippen molar-refractivity contribution in [2.75, 3.05) is 56.6 Å². The van der Waals surface area contributed by atoms with E-state index in [-0.39, 0.29) is 11.9 Å². The lowest BCUT2D eigenvalue weighted by Gasteiger charge is -2.29. The maximum atomic E-state index is 13.1. The minimum Gasteiger partial charge on any atom is -0.497 e. The summed E-state index contributed by atoms with van der Waals surface area (Å²) in [6.07, 6.45) is 1.27. The molecule has 2 fully saturated rings. The molecule has 1 aromatic heterocycles. The Morgan fingerprint density at radius 1 is 0.949 bits per heavy atom. The molecule has 200 valence electrons. The molecule has 8 heteroatoms. The summed E-state index contributed by atoms with van der Waals surface area (Å²) < 4.78 is 5.25. The van der Waals surface area contributed by atoms with Crippen molar-refractivity contribution >= 4 is 28.6 Å². The number of nitrogens with zero attached hydrogens (tertiary/aromatic N) is 4. The summed E-state index contributed by atoms with van der Waals surface area (Å²) in [7, 11) is 1.67. The van der Waals surface area contributed by atoms with Crippen LogP contribution in [0.1, 0.15) is 12.0 Å². The van der Waals surface area contributed by atoms with Gasteiger partial charge in [-0.2, -0.15) is 4.98 Å². The van der Waals surface area contributed by atoms with Gasteiger partial charge < -0.3 is 25.2 Å². The monoisotopic (exact) mass is 522 g/mol. The topological polar surface area (TPSA) is 82.6 Å². The molecule has 0 unspecified atom stereocenters. The first-order chi connectivity index (χ1) is 19.2. The highest BCUT2D eigenvalue weighted by molar-refractivity contribution is 5.90. The largest absolute Gasteiger partial charge is 0.497 e. The molecule has 3 heterocycles. The van der Waals surface area contributed by atoms with Crippen LogP contribution in [-0.4, -0.2) is 73.2 Å². The molecule has 2 aliphatic heterocycles. The van der Waals surface area contributed by atoms with Crippen LogP contribution in [0, 0.1) is 0 Å². The number of para-hydroxylation sites is 1. The van der Waals surface area contributed by atoms with Gasteiger partial charge in [-0.15, -0.1) is 0 Å². The zero-order valence-corrected chi connectivity index (χ0v) is 22.3. The summed E-state index contributed by atoms with van der Waals surface area (Å²) in [6.45, 7) is 5.14. The van der Waals surface area contributed by atoms with Gasteiger partial charge in [0.05, 0.1) is 19.0 Å². The predicted molar refractivity (Wildman–Crippen MR) is 155 cm³/mol. The Kier molecular flexibility index (Phi) is 7.27. The number of carbonyl (C=O) groups is 1. The van der Waals surface area contributed by atoms with Gasteiger partial charge in [0.25, 0.3) is 0 Å². The second kappa shape index (κ2) is 11.3. The molecular formula is C31H34N6O2. The molecule has 39 heavy (non-hydrogen) atoms. The number of nitrogens with one attached hydrogen (secondary N) is 2. The van der Waals surface area contributed by atoms with Gasteiger partial charge in [-0.1, -0.05) is 48.5 Å². The van der Waals surface area contributed by atoms with Crippen LogP contribution in [0.15, 0.2) is 72.8 Å². The van der Waals surface area contributed by atoms with Crippen molar-refractivity contribution in [1.82, 2.24) is 20.2 Å². The number of ether oxygens (including phenoxy) is 1. The second-order valence-electron chi connectivity index (χ2n) is 10.2. The third-order valence-corrected chi connectivity index (χ3v) is 7.61. The van der Waals surface area contributed by atoms with E-state index < -0.39 is 0 Å². The van der Waals surface area contributed by atoms with Crippen LogP contribution < -0.4 is 20.3 Å². The maximum absolute atomic E-state index is 13.1. The molecule has 2 N–H and O–H groups in total. The zero-order chi connectivity index (χ0) is 26.6. The first kappa shape index (κ1) is 25.1. The van der Waals surface area contributed by atoms with Gasteiger partial charge in [0.1, 0.15) is 11.6 Å². The molecule has 1 amide bonds. The molecule has 8 nitrogen and oxygen atoms in total. The van der Waals surface area contributed by atoms with Crippen LogP contribution in [0.3, 0.4) is 0 Å². The highest BCUT2D eigenvalue weighted by atomic mass is 16.5. The number of aromatic nitrogens is 2. The number of rotatable bonds is 7. The minimum atomic E-state index is 0.128. The normalized spacial score (nSPS) is 17.4. The highest BCUT2D eigenvalue weighted by Crippen LogP contribution is 2.27. The van der Waals surface area contributed by atoms with Crippen LogP contribution in [0.5, 0.6) is 5.75 Å². The smallest absolute Gasteiger partial charge is 0.227 e. The number of amides is 1. The molecule has 0 saturated carbocycles. The Bertz CT molecular complexity index is 1430. The fraction of sp³-hybridized carbons (Fsp3) is 0.323. The van der Waals surface area contributed by atoms with E-state index in [1.807, 2.05) is 59.5 Å². The molecule has 0 radical (unpaired) electrons. The van der Waals surface area contributed by atoms with Gasteiger partial charge in [0.15, 0.2) is 0 Å². The Balaban J connectivity index is 1.09. The number of anilines is 2. The van der Waals surface area contributed by atoms with Gasteiger partial charge in [0.2, 0.25) is 11.9 Å². The van der Waals surface area contributed by atoms with Gasteiger partial charge >= 0.3 is 0 Å². The van der Waals surface area contributed by atoms with Crippen LogP contribution in [0.25, 0.3) is 22.0 Å². The minimum absolute atomic E-state index is 0.128. The average Bonchev–Trinajstić information content (AvgIpc) is 3.46. The summed E-state index contributed by atoms with van der Waals surface area (Å²) in [6, 6.07) is 24.6. The second-order valence-corrected chi connectivity index (χ2v) is 10.2. The molecule has 0 bridgehead atoms. The first-order valence-corrected chi connectivity index (χ1v) is 13.7. The fourth-order valence-corrected chi connectivity index (χ4v) is 5.41. The molecule has 4 aromatic rings. The number of carbonyl (C=O) groups excluding carboxylic acids is 1. The number of benzene rings is 3. The lowest BCUT2D eigenvalue weighted by Crippen LogP contribution is -2.44. The number of hydrogen-bond donors (Lipinski definition) is 2. The van der Waals surface area contributed by atoms with Crippen molar-refractivity contribution in [3.8, 4) is 16.9 Å². The molecule has 2 aliphatic rings. The van der Waals surface area contributed by atoms with E-state index in [9.17, 15) is 4.79 Å². The van der Waals surface area contributed by atoms with Crippen molar-refractivity contribution < 1.29 is 9.53 Å². The van der Waals surface area contributed by atoms with E-state index in [0.717, 1.165) is 78.3 Å². The predicted octanol–water partition coefficient (Wildman–Crippen LogP) is 3.97. The first-order valence-electron chi connectivity index (χ1n) is 13.7. The summed E-state index contributed by atoms with van der Waals surface area (Å²) in [5, 5.41) is 8.01. The summed E-state index contributed by atoms with van der Waals surface area (Å²) >= 11 is 0. The molecule has 6 rings (SSSR count). The Morgan fingerprint density at radius 2 is 1.67 bits per heavy atom. The number of likely N-dealkylation sites (tertiary alicyclic amines) is 1. The third-order valence-electron chi connectivity index (χ3n) is 7.61. The average molecular weight is 523 g/mol. The van der Waals surface area contributed by atoms with Crippen LogP contribution in [-0.2, 0) is 11.2 Å². The summed E-state index contributed by atoms with van der Waals surface area (Å²) in [4.78, 5) is 27.1. The maximum Gasteiger partial charge on any atom is 0.227 e. The zero-order valence-electron chi connectivity index (χ0n) is 22.3. The van der Waals surface area contributed by atoms with E-state index in [2.05, 4.69) is 33.7 Å². The lowest BCUT2D eigenvalue weighted by molar-refractivity contribution is -0.129. The number of hydrogen-bond acceptors (Lipinski definition) is 7. The number of fused-ring (bicyclic) bond motifs is 1. The van der Waals surface area contributed by atoms with E-state index in [1.54, 1.807) is 7.11 Å². The Labute approximate surface area is 229 Å².